The van der Waals surface area contributed by atoms with Crippen molar-refractivity contribution < 1.29 is 8.42 Å². The van der Waals surface area contributed by atoms with Crippen molar-refractivity contribution in [1.29, 1.82) is 0 Å². The van der Waals surface area contributed by atoms with Crippen molar-refractivity contribution in [2.75, 3.05) is 18.9 Å². The van der Waals surface area contributed by atoms with Gasteiger partial charge >= 0.3 is 0 Å². The first kappa shape index (κ1) is 14.5. The van der Waals surface area contributed by atoms with Gasteiger partial charge in [0.1, 0.15) is 10.7 Å². The fourth-order valence-corrected chi connectivity index (χ4v) is 2.81. The van der Waals surface area contributed by atoms with E-state index in [2.05, 4.69) is 20.5 Å². The summed E-state index contributed by atoms with van der Waals surface area (Å²) in [7, 11) is -2.02. The Morgan fingerprint density at radius 1 is 1.35 bits per heavy atom. The van der Waals surface area contributed by atoms with Gasteiger partial charge in [-0.25, -0.2) is 13.4 Å². The SMILES string of the molecule is CCNc1ccc(S(=O)(=O)N(C)Cc2cn[nH]c2)cn1. The van der Waals surface area contributed by atoms with E-state index in [1.165, 1.54) is 17.5 Å². The number of rotatable bonds is 6. The summed E-state index contributed by atoms with van der Waals surface area (Å²) in [5.41, 5.74) is 0.799. The number of sulfonamides is 1. The zero-order chi connectivity index (χ0) is 14.6. The van der Waals surface area contributed by atoms with Crippen LogP contribution in [0.25, 0.3) is 0 Å². The predicted octanol–water partition coefficient (Wildman–Crippen LogP) is 1.06. The zero-order valence-electron chi connectivity index (χ0n) is 11.4. The van der Waals surface area contributed by atoms with Gasteiger partial charge in [0, 0.05) is 38.1 Å². The minimum Gasteiger partial charge on any atom is -0.370 e. The van der Waals surface area contributed by atoms with Gasteiger partial charge in [-0.2, -0.15) is 9.40 Å². The molecule has 0 aliphatic rings. The molecule has 20 heavy (non-hydrogen) atoms. The van der Waals surface area contributed by atoms with E-state index in [4.69, 9.17) is 0 Å². The lowest BCUT2D eigenvalue weighted by Crippen LogP contribution is -2.26. The van der Waals surface area contributed by atoms with Crippen LogP contribution >= 0.6 is 0 Å². The molecule has 0 unspecified atom stereocenters. The summed E-state index contributed by atoms with van der Waals surface area (Å²) in [6.45, 7) is 2.94. The molecule has 0 spiro atoms. The van der Waals surface area contributed by atoms with Gasteiger partial charge in [-0.1, -0.05) is 0 Å². The molecule has 2 aromatic heterocycles. The molecule has 0 aliphatic carbocycles. The lowest BCUT2D eigenvalue weighted by Gasteiger charge is -2.16. The maximum Gasteiger partial charge on any atom is 0.244 e. The maximum absolute atomic E-state index is 12.4. The number of H-pyrrole nitrogens is 1. The Balaban J connectivity index is 2.16. The molecule has 2 N–H and O–H groups in total. The molecule has 2 heterocycles. The highest BCUT2D eigenvalue weighted by Crippen LogP contribution is 2.16. The molecule has 2 aromatic rings. The molecule has 0 atom stereocenters. The van der Waals surface area contributed by atoms with Crippen LogP contribution in [0.2, 0.25) is 0 Å². The van der Waals surface area contributed by atoms with E-state index in [0.29, 0.717) is 5.82 Å². The Kier molecular flexibility index (Phi) is 4.35. The second-order valence-corrected chi connectivity index (χ2v) is 6.32. The number of aromatic nitrogens is 3. The number of aromatic amines is 1. The first-order valence-corrected chi connectivity index (χ1v) is 7.62. The average Bonchev–Trinajstić information content (AvgIpc) is 2.92. The zero-order valence-corrected chi connectivity index (χ0v) is 12.2. The Labute approximate surface area is 118 Å². The van der Waals surface area contributed by atoms with E-state index in [9.17, 15) is 8.42 Å². The van der Waals surface area contributed by atoms with Gasteiger partial charge in [-0.05, 0) is 19.1 Å². The van der Waals surface area contributed by atoms with Gasteiger partial charge < -0.3 is 5.32 Å². The van der Waals surface area contributed by atoms with Crippen LogP contribution in [-0.4, -0.2) is 41.5 Å². The van der Waals surface area contributed by atoms with Crippen LogP contribution in [0.15, 0.2) is 35.6 Å². The molecule has 0 bridgehead atoms. The minimum absolute atomic E-state index is 0.171. The number of nitrogens with zero attached hydrogens (tertiary/aromatic N) is 3. The first-order valence-electron chi connectivity index (χ1n) is 6.18. The largest absolute Gasteiger partial charge is 0.370 e. The van der Waals surface area contributed by atoms with Crippen LogP contribution in [-0.2, 0) is 16.6 Å². The molecule has 108 valence electrons. The van der Waals surface area contributed by atoms with E-state index in [0.717, 1.165) is 12.1 Å². The van der Waals surface area contributed by atoms with Gasteiger partial charge in [0.05, 0.1) is 6.20 Å². The highest BCUT2D eigenvalue weighted by molar-refractivity contribution is 7.89. The molecule has 0 fully saturated rings. The number of hydrogen-bond donors (Lipinski definition) is 2. The number of pyridine rings is 1. The first-order chi connectivity index (χ1) is 9.54. The summed E-state index contributed by atoms with van der Waals surface area (Å²) in [5, 5.41) is 9.47. The van der Waals surface area contributed by atoms with Gasteiger partial charge in [0.15, 0.2) is 0 Å². The Morgan fingerprint density at radius 2 is 2.15 bits per heavy atom. The number of hydrogen-bond acceptors (Lipinski definition) is 5. The van der Waals surface area contributed by atoms with Crippen molar-refractivity contribution in [2.45, 2.75) is 18.4 Å². The molecule has 0 saturated carbocycles. The van der Waals surface area contributed by atoms with E-state index < -0.39 is 10.0 Å². The van der Waals surface area contributed by atoms with E-state index in [1.54, 1.807) is 24.5 Å². The Hall–Kier alpha value is -1.93. The molecule has 0 amide bonds. The third kappa shape index (κ3) is 3.14. The molecular weight excluding hydrogens is 278 g/mol. The second-order valence-electron chi connectivity index (χ2n) is 4.28. The van der Waals surface area contributed by atoms with E-state index >= 15 is 0 Å². The lowest BCUT2D eigenvalue weighted by atomic mass is 10.4. The molecule has 7 nitrogen and oxygen atoms in total. The van der Waals surface area contributed by atoms with Crippen LogP contribution in [0.3, 0.4) is 0 Å². The Bertz CT molecular complexity index is 637. The van der Waals surface area contributed by atoms with Crippen LogP contribution < -0.4 is 5.32 Å². The summed E-state index contributed by atoms with van der Waals surface area (Å²) < 4.78 is 26.0. The van der Waals surface area contributed by atoms with Crippen LogP contribution in [0.4, 0.5) is 5.82 Å². The van der Waals surface area contributed by atoms with Gasteiger partial charge in [-0.3, -0.25) is 5.10 Å². The monoisotopic (exact) mass is 295 g/mol. The molecule has 8 heteroatoms. The maximum atomic E-state index is 12.4. The molecule has 0 radical (unpaired) electrons. The highest BCUT2D eigenvalue weighted by Gasteiger charge is 2.21. The number of anilines is 1. The Morgan fingerprint density at radius 3 is 2.70 bits per heavy atom. The summed E-state index contributed by atoms with van der Waals surface area (Å²) in [6, 6.07) is 3.20. The van der Waals surface area contributed by atoms with Gasteiger partial charge in [0.25, 0.3) is 0 Å². The van der Waals surface area contributed by atoms with Crippen molar-refractivity contribution in [3.8, 4) is 0 Å². The summed E-state index contributed by atoms with van der Waals surface area (Å²) in [4.78, 5) is 4.25. The molecule has 0 saturated heterocycles. The van der Waals surface area contributed by atoms with E-state index in [-0.39, 0.29) is 11.4 Å². The second kappa shape index (κ2) is 6.02. The van der Waals surface area contributed by atoms with E-state index in [1.807, 2.05) is 6.92 Å². The van der Waals surface area contributed by atoms with Crippen molar-refractivity contribution in [1.82, 2.24) is 19.5 Å². The topological polar surface area (TPSA) is 91.0 Å². The highest BCUT2D eigenvalue weighted by atomic mass is 32.2. The summed E-state index contributed by atoms with van der Waals surface area (Å²) in [5.74, 6) is 0.656. The summed E-state index contributed by atoms with van der Waals surface area (Å²) in [6.07, 6.45) is 4.62. The fourth-order valence-electron chi connectivity index (χ4n) is 1.70. The molecule has 2 rings (SSSR count). The average molecular weight is 295 g/mol. The van der Waals surface area contributed by atoms with Crippen molar-refractivity contribution in [3.63, 3.8) is 0 Å². The smallest absolute Gasteiger partial charge is 0.244 e. The van der Waals surface area contributed by atoms with Crippen molar-refractivity contribution >= 4 is 15.8 Å². The van der Waals surface area contributed by atoms with Crippen molar-refractivity contribution in [2.24, 2.45) is 0 Å². The van der Waals surface area contributed by atoms with Crippen LogP contribution in [0.5, 0.6) is 0 Å². The molecular formula is C12H17N5O2S. The normalized spacial score (nSPS) is 11.8. The van der Waals surface area contributed by atoms with Crippen LogP contribution in [0, 0.1) is 0 Å². The molecule has 0 aliphatic heterocycles. The lowest BCUT2D eigenvalue weighted by molar-refractivity contribution is 0.466. The third-order valence-electron chi connectivity index (χ3n) is 2.76. The van der Waals surface area contributed by atoms with Gasteiger partial charge in [0.2, 0.25) is 10.0 Å². The third-order valence-corrected chi connectivity index (χ3v) is 4.55. The minimum atomic E-state index is -3.55. The van der Waals surface area contributed by atoms with Crippen LogP contribution in [0.1, 0.15) is 12.5 Å². The quantitative estimate of drug-likeness (QED) is 0.831. The van der Waals surface area contributed by atoms with Crippen molar-refractivity contribution in [3.05, 3.63) is 36.3 Å². The summed E-state index contributed by atoms with van der Waals surface area (Å²) >= 11 is 0. The fraction of sp³-hybridized carbons (Fsp3) is 0.333. The van der Waals surface area contributed by atoms with Gasteiger partial charge in [-0.15, -0.1) is 0 Å². The predicted molar refractivity (Wildman–Crippen MR) is 75.6 cm³/mol. The number of nitrogens with one attached hydrogen (secondary N) is 2. The standard InChI is InChI=1S/C12H17N5O2S/c1-3-13-12-5-4-11(8-14-12)20(18,19)17(2)9-10-6-15-16-7-10/h4-8H,3,9H2,1-2H3,(H,13,14)(H,15,16). The molecule has 0 aromatic carbocycles.